The van der Waals surface area contributed by atoms with Crippen LogP contribution in [0.5, 0.6) is 5.75 Å². The van der Waals surface area contributed by atoms with Crippen molar-refractivity contribution in [3.63, 3.8) is 0 Å². The van der Waals surface area contributed by atoms with E-state index in [4.69, 9.17) is 4.74 Å². The highest BCUT2D eigenvalue weighted by Crippen LogP contribution is 2.54. The van der Waals surface area contributed by atoms with Crippen LogP contribution in [0.1, 0.15) is 49.7 Å². The molecular weight excluding hydrogens is 374 g/mol. The zero-order valence-electron chi connectivity index (χ0n) is 18.3. The van der Waals surface area contributed by atoms with Gasteiger partial charge in [-0.2, -0.15) is 0 Å². The first-order valence-electron chi connectivity index (χ1n) is 11.1. The second-order valence-corrected chi connectivity index (χ2v) is 9.52. The minimum atomic E-state index is -0.873. The molecule has 0 spiro atoms. The maximum absolute atomic E-state index is 12.7. The number of ether oxygens (including phenoxy) is 1. The van der Waals surface area contributed by atoms with Crippen molar-refractivity contribution in [3.05, 3.63) is 65.7 Å². The van der Waals surface area contributed by atoms with E-state index < -0.39 is 5.60 Å². The summed E-state index contributed by atoms with van der Waals surface area (Å²) in [6.07, 6.45) is 4.43. The summed E-state index contributed by atoms with van der Waals surface area (Å²) in [6.45, 7) is 2.73. The zero-order chi connectivity index (χ0) is 21.3. The molecule has 2 aliphatic carbocycles. The van der Waals surface area contributed by atoms with Gasteiger partial charge in [0.05, 0.1) is 11.5 Å². The monoisotopic (exact) mass is 407 g/mol. The van der Waals surface area contributed by atoms with Crippen LogP contribution in [0.4, 0.5) is 0 Å². The van der Waals surface area contributed by atoms with E-state index in [-0.39, 0.29) is 17.8 Å². The summed E-state index contributed by atoms with van der Waals surface area (Å²) in [4.78, 5) is 14.9. The number of hydrogen-bond acceptors (Lipinski definition) is 4. The van der Waals surface area contributed by atoms with Crippen molar-refractivity contribution in [1.29, 1.82) is 0 Å². The topological polar surface area (TPSA) is 49.8 Å². The van der Waals surface area contributed by atoms with Crippen LogP contribution in [-0.4, -0.2) is 36.6 Å². The Morgan fingerprint density at radius 2 is 1.93 bits per heavy atom. The highest BCUT2D eigenvalue weighted by Gasteiger charge is 2.51. The van der Waals surface area contributed by atoms with Crippen LogP contribution >= 0.6 is 0 Å². The van der Waals surface area contributed by atoms with Gasteiger partial charge in [0.25, 0.3) is 0 Å². The van der Waals surface area contributed by atoms with Crippen LogP contribution in [0.25, 0.3) is 0 Å². The van der Waals surface area contributed by atoms with E-state index in [9.17, 15) is 9.90 Å². The summed E-state index contributed by atoms with van der Waals surface area (Å²) < 4.78 is 5.73. The molecule has 0 radical (unpaired) electrons. The molecule has 2 fully saturated rings. The molecular formula is C26H33NO3. The van der Waals surface area contributed by atoms with Crippen LogP contribution in [0.15, 0.2) is 54.6 Å². The maximum atomic E-state index is 12.7. The number of rotatable bonds is 6. The Hall–Kier alpha value is -2.17. The third-order valence-electron chi connectivity index (χ3n) is 7.13. The molecule has 4 nitrogen and oxygen atoms in total. The second-order valence-electron chi connectivity index (χ2n) is 9.52. The Morgan fingerprint density at radius 3 is 2.67 bits per heavy atom. The van der Waals surface area contributed by atoms with E-state index in [0.717, 1.165) is 24.1 Å². The van der Waals surface area contributed by atoms with Crippen LogP contribution in [0, 0.1) is 17.8 Å². The molecule has 0 aliphatic heterocycles. The van der Waals surface area contributed by atoms with Gasteiger partial charge in [0, 0.05) is 12.5 Å². The van der Waals surface area contributed by atoms with E-state index in [1.807, 2.05) is 55.5 Å². The standard InChI is InChI=1S/C26H33NO3/c1-18(20-8-5-4-6-9-20)25(28)30-23-11-7-10-22(15-23)26(29)16-19-12-13-21(14-19)24(26)17-27(2)3/h4-11,15,18-19,21,24,29H,12-14,16-17H2,1-3H3/t18-,19?,21?,24+,26+/m0/s1. The van der Waals surface area contributed by atoms with Crippen molar-refractivity contribution in [2.24, 2.45) is 17.8 Å². The maximum Gasteiger partial charge on any atom is 0.318 e. The smallest absolute Gasteiger partial charge is 0.318 e. The average molecular weight is 408 g/mol. The first-order valence-corrected chi connectivity index (χ1v) is 11.1. The fourth-order valence-corrected chi connectivity index (χ4v) is 5.58. The summed E-state index contributed by atoms with van der Waals surface area (Å²) in [6, 6.07) is 17.2. The first-order chi connectivity index (χ1) is 14.4. The van der Waals surface area contributed by atoms with Crippen LogP contribution in [0.3, 0.4) is 0 Å². The molecule has 2 aromatic rings. The third kappa shape index (κ3) is 4.17. The molecule has 4 heteroatoms. The Morgan fingerprint density at radius 1 is 1.17 bits per heavy atom. The number of aliphatic hydroxyl groups is 1. The van der Waals surface area contributed by atoms with Crippen molar-refractivity contribution in [1.82, 2.24) is 4.90 Å². The fourth-order valence-electron chi connectivity index (χ4n) is 5.58. The van der Waals surface area contributed by atoms with Gasteiger partial charge in [-0.1, -0.05) is 48.9 Å². The van der Waals surface area contributed by atoms with Crippen LogP contribution < -0.4 is 4.74 Å². The van der Waals surface area contributed by atoms with Gasteiger partial charge in [-0.15, -0.1) is 0 Å². The van der Waals surface area contributed by atoms with Gasteiger partial charge >= 0.3 is 5.97 Å². The molecule has 2 bridgehead atoms. The molecule has 2 aliphatic rings. The Labute approximate surface area is 179 Å². The summed E-state index contributed by atoms with van der Waals surface area (Å²) in [5, 5.41) is 11.9. The molecule has 2 aromatic carbocycles. The molecule has 0 amide bonds. The lowest BCUT2D eigenvalue weighted by atomic mass is 9.66. The molecule has 2 unspecified atom stereocenters. The average Bonchev–Trinajstić information content (AvgIpc) is 3.14. The number of benzene rings is 2. The Kier molecular flexibility index (Phi) is 5.99. The van der Waals surface area contributed by atoms with Gasteiger partial charge in [0.2, 0.25) is 0 Å². The van der Waals surface area contributed by atoms with Crippen LogP contribution in [0.2, 0.25) is 0 Å². The highest BCUT2D eigenvalue weighted by molar-refractivity contribution is 5.79. The number of fused-ring (bicyclic) bond motifs is 2. The van der Waals surface area contributed by atoms with Gasteiger partial charge in [-0.3, -0.25) is 4.79 Å². The van der Waals surface area contributed by atoms with Crippen molar-refractivity contribution in [3.8, 4) is 5.75 Å². The normalized spacial score (nSPS) is 29.0. The zero-order valence-corrected chi connectivity index (χ0v) is 18.3. The molecule has 5 atom stereocenters. The van der Waals surface area contributed by atoms with Gasteiger partial charge < -0.3 is 14.7 Å². The molecule has 4 rings (SSSR count). The lowest BCUT2D eigenvalue weighted by Gasteiger charge is -2.45. The van der Waals surface area contributed by atoms with E-state index in [1.54, 1.807) is 6.07 Å². The first kappa shape index (κ1) is 21.1. The van der Waals surface area contributed by atoms with Crippen molar-refractivity contribution in [2.45, 2.75) is 44.1 Å². The SMILES string of the molecule is C[C@H](C(=O)Oc1cccc([C@]2(O)CC3CCC(C3)[C@H]2CN(C)C)c1)c1ccccc1. The second kappa shape index (κ2) is 8.52. The van der Waals surface area contributed by atoms with E-state index in [0.29, 0.717) is 17.6 Å². The Bertz CT molecular complexity index is 881. The summed E-state index contributed by atoms with van der Waals surface area (Å²) >= 11 is 0. The molecule has 2 saturated carbocycles. The molecule has 0 aromatic heterocycles. The Balaban J connectivity index is 1.57. The lowest BCUT2D eigenvalue weighted by Crippen LogP contribution is -2.47. The van der Waals surface area contributed by atoms with Gasteiger partial charge in [0.1, 0.15) is 5.75 Å². The lowest BCUT2D eigenvalue weighted by molar-refractivity contribution is -0.135. The van der Waals surface area contributed by atoms with E-state index in [2.05, 4.69) is 19.0 Å². The summed E-state index contributed by atoms with van der Waals surface area (Å²) in [7, 11) is 4.15. The fraction of sp³-hybridized carbons (Fsp3) is 0.500. The van der Waals surface area contributed by atoms with E-state index >= 15 is 0 Å². The quantitative estimate of drug-likeness (QED) is 0.562. The number of carbonyl (C=O) groups excluding carboxylic acids is 1. The number of esters is 1. The minimum Gasteiger partial charge on any atom is -0.426 e. The number of nitrogens with zero attached hydrogens (tertiary/aromatic N) is 1. The number of hydrogen-bond donors (Lipinski definition) is 1. The molecule has 160 valence electrons. The third-order valence-corrected chi connectivity index (χ3v) is 7.13. The van der Waals surface area contributed by atoms with Gasteiger partial charge in [-0.25, -0.2) is 0 Å². The molecule has 30 heavy (non-hydrogen) atoms. The molecule has 0 saturated heterocycles. The summed E-state index contributed by atoms with van der Waals surface area (Å²) in [5.74, 6) is 1.22. The predicted molar refractivity (Wildman–Crippen MR) is 118 cm³/mol. The number of carbonyl (C=O) groups is 1. The molecule has 1 N–H and O–H groups in total. The minimum absolute atomic E-state index is 0.195. The largest absolute Gasteiger partial charge is 0.426 e. The van der Waals surface area contributed by atoms with Crippen LogP contribution in [-0.2, 0) is 10.4 Å². The predicted octanol–water partition coefficient (Wildman–Crippen LogP) is 4.58. The van der Waals surface area contributed by atoms with Crippen molar-refractivity contribution < 1.29 is 14.6 Å². The van der Waals surface area contributed by atoms with Crippen molar-refractivity contribution in [2.75, 3.05) is 20.6 Å². The summed E-state index contributed by atoms with van der Waals surface area (Å²) in [5.41, 5.74) is 0.942. The van der Waals surface area contributed by atoms with Gasteiger partial charge in [0.15, 0.2) is 0 Å². The van der Waals surface area contributed by atoms with E-state index in [1.165, 1.54) is 19.3 Å². The highest BCUT2D eigenvalue weighted by atomic mass is 16.5. The molecule has 0 heterocycles. The van der Waals surface area contributed by atoms with Crippen molar-refractivity contribution >= 4 is 5.97 Å². The van der Waals surface area contributed by atoms with Gasteiger partial charge in [-0.05, 0) is 75.4 Å².